The van der Waals surface area contributed by atoms with E-state index >= 15 is 0 Å². The second-order valence-electron chi connectivity index (χ2n) is 4.12. The molecule has 0 aromatic carbocycles. The van der Waals surface area contributed by atoms with Gasteiger partial charge in [-0.1, -0.05) is 17.7 Å². The molecule has 18 heavy (non-hydrogen) atoms. The van der Waals surface area contributed by atoms with Crippen molar-refractivity contribution in [1.82, 2.24) is 20.2 Å². The zero-order chi connectivity index (χ0) is 12.5. The third kappa shape index (κ3) is 2.33. The number of carbonyl (C=O) groups is 1. The van der Waals surface area contributed by atoms with Crippen LogP contribution in [-0.4, -0.2) is 26.1 Å². The number of nitrogens with one attached hydrogen (secondary N) is 2. The molecule has 0 unspecified atom stereocenters. The van der Waals surface area contributed by atoms with E-state index in [1.165, 1.54) is 0 Å². The molecule has 0 saturated heterocycles. The molecular formula is C11H10ClN5O. The lowest BCUT2D eigenvalue weighted by Gasteiger charge is -2.00. The van der Waals surface area contributed by atoms with Gasteiger partial charge in [-0.3, -0.25) is 9.89 Å². The fourth-order valence-corrected chi connectivity index (χ4v) is 1.73. The van der Waals surface area contributed by atoms with Crippen LogP contribution < -0.4 is 5.32 Å². The van der Waals surface area contributed by atoms with Gasteiger partial charge < -0.3 is 5.32 Å². The number of halogens is 1. The van der Waals surface area contributed by atoms with Crippen LogP contribution in [0.15, 0.2) is 18.2 Å². The molecule has 1 aliphatic carbocycles. The number of aromatic nitrogens is 4. The number of hydrogen-bond donors (Lipinski definition) is 2. The molecule has 6 nitrogen and oxygen atoms in total. The van der Waals surface area contributed by atoms with Crippen molar-refractivity contribution in [3.63, 3.8) is 0 Å². The first-order valence-electron chi connectivity index (χ1n) is 5.58. The lowest BCUT2D eigenvalue weighted by molar-refractivity contribution is 0.101. The molecule has 0 radical (unpaired) electrons. The van der Waals surface area contributed by atoms with E-state index in [9.17, 15) is 4.79 Å². The van der Waals surface area contributed by atoms with Gasteiger partial charge in [0.25, 0.3) is 5.91 Å². The predicted molar refractivity (Wildman–Crippen MR) is 65.6 cm³/mol. The minimum Gasteiger partial charge on any atom is -0.304 e. The second kappa shape index (κ2) is 4.38. The van der Waals surface area contributed by atoms with Crippen LogP contribution in [-0.2, 0) is 0 Å². The molecule has 1 amide bonds. The molecule has 1 aliphatic rings. The first-order valence-corrected chi connectivity index (χ1v) is 5.96. The molecule has 0 bridgehead atoms. The van der Waals surface area contributed by atoms with Gasteiger partial charge in [-0.05, 0) is 25.0 Å². The van der Waals surface area contributed by atoms with Crippen molar-refractivity contribution >= 4 is 23.3 Å². The summed E-state index contributed by atoms with van der Waals surface area (Å²) in [6.07, 6.45) is 2.21. The lowest BCUT2D eigenvalue weighted by atomic mass is 10.4. The van der Waals surface area contributed by atoms with Gasteiger partial charge in [-0.25, -0.2) is 9.97 Å². The van der Waals surface area contributed by atoms with Crippen molar-refractivity contribution in [3.05, 3.63) is 35.0 Å². The Labute approximate surface area is 108 Å². The Kier molecular flexibility index (Phi) is 2.71. The molecule has 0 spiro atoms. The molecule has 2 heterocycles. The number of pyridine rings is 1. The Bertz CT molecular complexity index is 593. The first kappa shape index (κ1) is 11.2. The summed E-state index contributed by atoms with van der Waals surface area (Å²) in [6, 6.07) is 4.99. The van der Waals surface area contributed by atoms with E-state index in [0.29, 0.717) is 16.9 Å². The summed E-state index contributed by atoms with van der Waals surface area (Å²) in [7, 11) is 0. The van der Waals surface area contributed by atoms with Crippen molar-refractivity contribution in [3.8, 4) is 0 Å². The van der Waals surface area contributed by atoms with E-state index in [-0.39, 0.29) is 5.82 Å². The fraction of sp³-hybridized carbons (Fsp3) is 0.273. The van der Waals surface area contributed by atoms with E-state index in [0.717, 1.165) is 18.7 Å². The minimum atomic E-state index is -0.395. The molecule has 92 valence electrons. The fourth-order valence-electron chi connectivity index (χ4n) is 1.57. The van der Waals surface area contributed by atoms with Gasteiger partial charge in [0.05, 0.1) is 0 Å². The smallest absolute Gasteiger partial charge is 0.296 e. The van der Waals surface area contributed by atoms with Gasteiger partial charge in [0.15, 0.2) is 0 Å². The molecule has 2 aromatic heterocycles. The van der Waals surface area contributed by atoms with E-state index in [2.05, 4.69) is 25.5 Å². The van der Waals surface area contributed by atoms with Crippen molar-refractivity contribution < 1.29 is 4.79 Å². The van der Waals surface area contributed by atoms with E-state index in [4.69, 9.17) is 11.6 Å². The Balaban J connectivity index is 1.73. The van der Waals surface area contributed by atoms with E-state index in [1.54, 1.807) is 18.2 Å². The van der Waals surface area contributed by atoms with Crippen molar-refractivity contribution in [2.45, 2.75) is 18.8 Å². The molecule has 0 atom stereocenters. The topological polar surface area (TPSA) is 83.6 Å². The predicted octanol–water partition coefficient (Wildman–Crippen LogP) is 1.98. The number of H-pyrrole nitrogens is 1. The largest absolute Gasteiger partial charge is 0.304 e. The number of anilines is 1. The maximum Gasteiger partial charge on any atom is 0.296 e. The Morgan fingerprint density at radius 3 is 2.94 bits per heavy atom. The monoisotopic (exact) mass is 263 g/mol. The molecule has 3 rings (SSSR count). The van der Waals surface area contributed by atoms with Crippen LogP contribution in [0.3, 0.4) is 0 Å². The average Bonchev–Trinajstić information content (AvgIpc) is 3.07. The summed E-state index contributed by atoms with van der Waals surface area (Å²) in [4.78, 5) is 20.0. The number of amides is 1. The highest BCUT2D eigenvalue weighted by atomic mass is 35.5. The molecule has 2 N–H and O–H groups in total. The van der Waals surface area contributed by atoms with Crippen LogP contribution in [0.4, 0.5) is 5.82 Å². The molecule has 2 aromatic rings. The first-order chi connectivity index (χ1) is 8.72. The highest BCUT2D eigenvalue weighted by Gasteiger charge is 2.28. The van der Waals surface area contributed by atoms with Gasteiger partial charge in [0, 0.05) is 5.92 Å². The number of hydrogen-bond acceptors (Lipinski definition) is 4. The zero-order valence-corrected chi connectivity index (χ0v) is 10.1. The second-order valence-corrected chi connectivity index (χ2v) is 4.51. The minimum absolute atomic E-state index is 0.124. The average molecular weight is 264 g/mol. The van der Waals surface area contributed by atoms with Crippen molar-refractivity contribution in [2.24, 2.45) is 0 Å². The SMILES string of the molecule is O=C(Nc1cccc(Cl)n1)c1n[nH]c(C2CC2)n1. The number of carbonyl (C=O) groups excluding carboxylic acids is 1. The Morgan fingerprint density at radius 2 is 2.22 bits per heavy atom. The standard InChI is InChI=1S/C11H10ClN5O/c12-7-2-1-3-8(13-7)14-11(18)10-15-9(16-17-10)6-4-5-6/h1-3,6H,4-5H2,(H,13,14,18)(H,15,16,17). The van der Waals surface area contributed by atoms with Crippen molar-refractivity contribution in [1.29, 1.82) is 0 Å². The quantitative estimate of drug-likeness (QED) is 0.830. The van der Waals surface area contributed by atoms with Gasteiger partial charge in [-0.15, -0.1) is 5.10 Å². The highest BCUT2D eigenvalue weighted by molar-refractivity contribution is 6.29. The van der Waals surface area contributed by atoms with E-state index < -0.39 is 5.91 Å². The Hall–Kier alpha value is -1.95. The van der Waals surface area contributed by atoms with Gasteiger partial charge in [-0.2, -0.15) is 0 Å². The van der Waals surface area contributed by atoms with Crippen LogP contribution in [0.25, 0.3) is 0 Å². The summed E-state index contributed by atoms with van der Waals surface area (Å²) in [5, 5.41) is 9.58. The molecule has 1 fully saturated rings. The van der Waals surface area contributed by atoms with Gasteiger partial charge >= 0.3 is 0 Å². The van der Waals surface area contributed by atoms with Crippen LogP contribution in [0.2, 0.25) is 5.15 Å². The summed E-state index contributed by atoms with van der Waals surface area (Å²) >= 11 is 5.73. The van der Waals surface area contributed by atoms with E-state index in [1.807, 2.05) is 0 Å². The number of aromatic amines is 1. The summed E-state index contributed by atoms with van der Waals surface area (Å²) in [5.41, 5.74) is 0. The normalized spacial score (nSPS) is 14.5. The molecular weight excluding hydrogens is 254 g/mol. The molecule has 0 aliphatic heterocycles. The summed E-state index contributed by atoms with van der Waals surface area (Å²) in [6.45, 7) is 0. The maximum absolute atomic E-state index is 11.8. The summed E-state index contributed by atoms with van der Waals surface area (Å²) < 4.78 is 0. The van der Waals surface area contributed by atoms with Crippen molar-refractivity contribution in [2.75, 3.05) is 5.32 Å². The summed E-state index contributed by atoms with van der Waals surface area (Å²) in [5.74, 6) is 1.32. The molecule has 1 saturated carbocycles. The van der Waals surface area contributed by atoms with Crippen LogP contribution in [0, 0.1) is 0 Å². The van der Waals surface area contributed by atoms with Gasteiger partial charge in [0.2, 0.25) is 5.82 Å². The number of rotatable bonds is 3. The van der Waals surface area contributed by atoms with Crippen LogP contribution in [0.5, 0.6) is 0 Å². The van der Waals surface area contributed by atoms with Crippen LogP contribution in [0.1, 0.15) is 35.2 Å². The third-order valence-electron chi connectivity index (χ3n) is 2.63. The van der Waals surface area contributed by atoms with Crippen LogP contribution >= 0.6 is 11.6 Å². The maximum atomic E-state index is 11.8. The number of nitrogens with zero attached hydrogens (tertiary/aromatic N) is 3. The highest BCUT2D eigenvalue weighted by Crippen LogP contribution is 2.37. The Morgan fingerprint density at radius 1 is 1.39 bits per heavy atom. The molecule has 7 heteroatoms. The zero-order valence-electron chi connectivity index (χ0n) is 9.35. The van der Waals surface area contributed by atoms with Gasteiger partial charge in [0.1, 0.15) is 16.8 Å². The lowest BCUT2D eigenvalue weighted by Crippen LogP contribution is -2.14. The third-order valence-corrected chi connectivity index (χ3v) is 2.84.